The highest BCUT2D eigenvalue weighted by Gasteiger charge is 2.30. The maximum atomic E-state index is 12.5. The quantitative estimate of drug-likeness (QED) is 0.756. The van der Waals surface area contributed by atoms with Crippen LogP contribution in [0.25, 0.3) is 0 Å². The monoisotopic (exact) mass is 411 g/mol. The second-order valence-electron chi connectivity index (χ2n) is 7.56. The summed E-state index contributed by atoms with van der Waals surface area (Å²) in [5.74, 6) is 1.12. The summed E-state index contributed by atoms with van der Waals surface area (Å²) in [6.07, 6.45) is 1.90. The van der Waals surface area contributed by atoms with Crippen molar-refractivity contribution >= 4 is 17.6 Å². The zero-order chi connectivity index (χ0) is 21.7. The number of carbonyl (C=O) groups excluding carboxylic acids is 2. The van der Waals surface area contributed by atoms with Gasteiger partial charge in [-0.2, -0.15) is 0 Å². The minimum absolute atomic E-state index is 0.0546. The first-order chi connectivity index (χ1) is 14.4. The van der Waals surface area contributed by atoms with Crippen molar-refractivity contribution in [1.29, 1.82) is 0 Å². The molecule has 1 aliphatic heterocycles. The lowest BCUT2D eigenvalue weighted by Gasteiger charge is -2.25. The molecule has 1 unspecified atom stereocenters. The fourth-order valence-electron chi connectivity index (χ4n) is 3.92. The molecule has 3 rings (SSSR count). The molecule has 7 heteroatoms. The van der Waals surface area contributed by atoms with E-state index in [1.165, 1.54) is 0 Å². The number of nitrogens with one attached hydrogen (secondary N) is 2. The Hall–Kier alpha value is -3.06. The van der Waals surface area contributed by atoms with Gasteiger partial charge in [0.2, 0.25) is 5.91 Å². The number of aryl methyl sites for hydroxylation is 2. The first-order valence-electron chi connectivity index (χ1n) is 10.1. The van der Waals surface area contributed by atoms with E-state index >= 15 is 0 Å². The Labute approximate surface area is 177 Å². The summed E-state index contributed by atoms with van der Waals surface area (Å²) in [6.45, 7) is 4.83. The Balaban J connectivity index is 1.62. The minimum atomic E-state index is -0.523. The third-order valence-corrected chi connectivity index (χ3v) is 5.39. The number of benzene rings is 2. The summed E-state index contributed by atoms with van der Waals surface area (Å²) in [5, 5.41) is 5.18. The van der Waals surface area contributed by atoms with Crippen molar-refractivity contribution in [2.45, 2.75) is 32.7 Å². The highest BCUT2D eigenvalue weighted by atomic mass is 16.5. The minimum Gasteiger partial charge on any atom is -0.497 e. The third-order valence-electron chi connectivity index (χ3n) is 5.39. The lowest BCUT2D eigenvalue weighted by Crippen LogP contribution is -2.41. The summed E-state index contributed by atoms with van der Waals surface area (Å²) < 4.78 is 10.8. The van der Waals surface area contributed by atoms with Gasteiger partial charge in [-0.25, -0.2) is 4.79 Å². The van der Waals surface area contributed by atoms with Crippen LogP contribution in [0.2, 0.25) is 0 Å². The van der Waals surface area contributed by atoms with E-state index < -0.39 is 6.03 Å². The molecule has 0 spiro atoms. The smallest absolute Gasteiger partial charge is 0.325 e. The van der Waals surface area contributed by atoms with E-state index in [4.69, 9.17) is 9.47 Å². The number of urea groups is 1. The molecule has 1 aliphatic rings. The van der Waals surface area contributed by atoms with Crippen molar-refractivity contribution in [3.63, 3.8) is 0 Å². The molecule has 1 atom stereocenters. The summed E-state index contributed by atoms with van der Waals surface area (Å²) in [6, 6.07) is 11.0. The van der Waals surface area contributed by atoms with Gasteiger partial charge in [0, 0.05) is 23.4 Å². The van der Waals surface area contributed by atoms with Crippen LogP contribution in [0.3, 0.4) is 0 Å². The molecule has 2 aromatic rings. The van der Waals surface area contributed by atoms with Crippen LogP contribution in [0.1, 0.15) is 35.6 Å². The Bertz CT molecular complexity index is 929. The molecule has 0 aromatic heterocycles. The van der Waals surface area contributed by atoms with Crippen LogP contribution in [-0.4, -0.2) is 44.1 Å². The van der Waals surface area contributed by atoms with E-state index in [1.54, 1.807) is 14.2 Å². The molecule has 30 heavy (non-hydrogen) atoms. The largest absolute Gasteiger partial charge is 0.497 e. The fourth-order valence-corrected chi connectivity index (χ4v) is 3.92. The van der Waals surface area contributed by atoms with Gasteiger partial charge in [0.25, 0.3) is 0 Å². The molecule has 1 fully saturated rings. The van der Waals surface area contributed by atoms with Gasteiger partial charge in [-0.05, 0) is 50.9 Å². The van der Waals surface area contributed by atoms with Gasteiger partial charge in [-0.15, -0.1) is 0 Å². The van der Waals surface area contributed by atoms with Gasteiger partial charge in [-0.1, -0.05) is 23.8 Å². The van der Waals surface area contributed by atoms with E-state index in [9.17, 15) is 9.59 Å². The second-order valence-corrected chi connectivity index (χ2v) is 7.56. The van der Waals surface area contributed by atoms with E-state index in [0.29, 0.717) is 5.69 Å². The van der Waals surface area contributed by atoms with Crippen molar-refractivity contribution in [2.24, 2.45) is 0 Å². The topological polar surface area (TPSA) is 79.9 Å². The third kappa shape index (κ3) is 5.10. The standard InChI is InChI=1S/C23H29N3O4/c1-15-7-10-19(16(2)12-15)24-23(28)25-22(27)14-26-11-5-6-20(26)18-9-8-17(29-3)13-21(18)30-4/h7-10,12-13,20H,5-6,11,14H2,1-4H3,(H2,24,25,27,28). The zero-order valence-corrected chi connectivity index (χ0v) is 18.0. The predicted molar refractivity (Wildman–Crippen MR) is 116 cm³/mol. The highest BCUT2D eigenvalue weighted by Crippen LogP contribution is 2.38. The average Bonchev–Trinajstić information content (AvgIpc) is 3.17. The number of ether oxygens (including phenoxy) is 2. The van der Waals surface area contributed by atoms with Crippen molar-refractivity contribution in [3.8, 4) is 11.5 Å². The number of nitrogens with zero attached hydrogens (tertiary/aromatic N) is 1. The number of anilines is 1. The Morgan fingerprint density at radius 1 is 1.10 bits per heavy atom. The summed E-state index contributed by atoms with van der Waals surface area (Å²) in [7, 11) is 3.24. The van der Waals surface area contributed by atoms with E-state index in [1.807, 2.05) is 50.2 Å². The summed E-state index contributed by atoms with van der Waals surface area (Å²) >= 11 is 0. The molecule has 0 radical (unpaired) electrons. The van der Waals surface area contributed by atoms with Crippen molar-refractivity contribution < 1.29 is 19.1 Å². The molecular formula is C23H29N3O4. The van der Waals surface area contributed by atoms with E-state index in [-0.39, 0.29) is 18.5 Å². The molecule has 1 saturated heterocycles. The second kappa shape index (κ2) is 9.63. The number of carbonyl (C=O) groups is 2. The number of hydrogen-bond donors (Lipinski definition) is 2. The maximum Gasteiger partial charge on any atom is 0.325 e. The number of amides is 3. The lowest BCUT2D eigenvalue weighted by molar-refractivity contribution is -0.121. The van der Waals surface area contributed by atoms with E-state index in [0.717, 1.165) is 47.6 Å². The molecule has 0 bridgehead atoms. The molecule has 2 N–H and O–H groups in total. The zero-order valence-electron chi connectivity index (χ0n) is 18.0. The number of likely N-dealkylation sites (tertiary alicyclic amines) is 1. The van der Waals surface area contributed by atoms with Crippen LogP contribution in [0, 0.1) is 13.8 Å². The molecule has 160 valence electrons. The predicted octanol–water partition coefficient (Wildman–Crippen LogP) is 3.81. The number of hydrogen-bond acceptors (Lipinski definition) is 5. The molecule has 0 saturated carbocycles. The highest BCUT2D eigenvalue weighted by molar-refractivity contribution is 6.02. The first kappa shape index (κ1) is 21.6. The van der Waals surface area contributed by atoms with Crippen LogP contribution >= 0.6 is 0 Å². The van der Waals surface area contributed by atoms with Gasteiger partial charge in [0.1, 0.15) is 11.5 Å². The van der Waals surface area contributed by atoms with Crippen LogP contribution in [-0.2, 0) is 4.79 Å². The van der Waals surface area contributed by atoms with Gasteiger partial charge in [-0.3, -0.25) is 15.0 Å². The van der Waals surface area contributed by atoms with Gasteiger partial charge in [0.05, 0.1) is 20.8 Å². The van der Waals surface area contributed by atoms with Crippen molar-refractivity contribution in [2.75, 3.05) is 32.6 Å². The Kier molecular flexibility index (Phi) is 6.95. The van der Waals surface area contributed by atoms with Crippen molar-refractivity contribution in [1.82, 2.24) is 10.2 Å². The first-order valence-corrected chi connectivity index (χ1v) is 10.1. The van der Waals surface area contributed by atoms with Crippen LogP contribution < -0.4 is 20.1 Å². The van der Waals surface area contributed by atoms with Gasteiger partial charge >= 0.3 is 6.03 Å². The molecule has 7 nitrogen and oxygen atoms in total. The molecule has 0 aliphatic carbocycles. The van der Waals surface area contributed by atoms with Gasteiger partial charge < -0.3 is 14.8 Å². The summed E-state index contributed by atoms with van der Waals surface area (Å²) in [4.78, 5) is 26.8. The number of imide groups is 1. The SMILES string of the molecule is COc1ccc(C2CCCN2CC(=O)NC(=O)Nc2ccc(C)cc2C)c(OC)c1. The molecule has 2 aromatic carbocycles. The lowest BCUT2D eigenvalue weighted by atomic mass is 10.0. The van der Waals surface area contributed by atoms with Gasteiger partial charge in [0.15, 0.2) is 0 Å². The molecular weight excluding hydrogens is 382 g/mol. The molecule has 3 amide bonds. The average molecular weight is 412 g/mol. The molecule has 1 heterocycles. The van der Waals surface area contributed by atoms with Crippen LogP contribution in [0.15, 0.2) is 36.4 Å². The van der Waals surface area contributed by atoms with E-state index in [2.05, 4.69) is 15.5 Å². The number of rotatable bonds is 6. The van der Waals surface area contributed by atoms with Crippen LogP contribution in [0.4, 0.5) is 10.5 Å². The summed E-state index contributed by atoms with van der Waals surface area (Å²) in [5.41, 5.74) is 3.77. The number of methoxy groups -OCH3 is 2. The van der Waals surface area contributed by atoms with Crippen LogP contribution in [0.5, 0.6) is 11.5 Å². The maximum absolute atomic E-state index is 12.5. The fraction of sp³-hybridized carbons (Fsp3) is 0.391. The Morgan fingerprint density at radius 2 is 1.90 bits per heavy atom. The normalized spacial score (nSPS) is 16.2. The van der Waals surface area contributed by atoms with Crippen molar-refractivity contribution in [3.05, 3.63) is 53.1 Å². The Morgan fingerprint density at radius 3 is 2.60 bits per heavy atom.